The number of halogens is 1. The summed E-state index contributed by atoms with van der Waals surface area (Å²) in [7, 11) is -2.15. The number of fused-ring (bicyclic) bond motifs is 1. The van der Waals surface area contributed by atoms with Crippen molar-refractivity contribution in [3.63, 3.8) is 0 Å². The third-order valence-corrected chi connectivity index (χ3v) is 7.27. The summed E-state index contributed by atoms with van der Waals surface area (Å²) >= 11 is 7.27. The molecule has 142 valence electrons. The predicted molar refractivity (Wildman–Crippen MR) is 109 cm³/mol. The number of hydrogen-bond acceptors (Lipinski definition) is 5. The van der Waals surface area contributed by atoms with Crippen molar-refractivity contribution >= 4 is 54.2 Å². The minimum absolute atomic E-state index is 0.0717. The highest BCUT2D eigenvalue weighted by Crippen LogP contribution is 2.28. The number of carbonyl (C=O) groups is 1. The topological polar surface area (TPSA) is 79.4 Å². The number of hydrogen-bond donors (Lipinski definition) is 1. The van der Waals surface area contributed by atoms with Crippen LogP contribution in [0.2, 0.25) is 5.02 Å². The fourth-order valence-electron chi connectivity index (χ4n) is 2.36. The Hall–Kier alpha value is -2.00. The molecule has 0 atom stereocenters. The van der Waals surface area contributed by atoms with E-state index in [4.69, 9.17) is 11.6 Å². The van der Waals surface area contributed by atoms with Gasteiger partial charge < -0.3 is 0 Å². The van der Waals surface area contributed by atoms with Crippen molar-refractivity contribution in [1.29, 1.82) is 0 Å². The summed E-state index contributed by atoms with van der Waals surface area (Å²) in [6, 6.07) is 11.1. The summed E-state index contributed by atoms with van der Waals surface area (Å²) in [4.78, 5) is 17.0. The van der Waals surface area contributed by atoms with E-state index in [0.29, 0.717) is 10.2 Å². The monoisotopic (exact) mass is 423 g/mol. The largest absolute Gasteiger partial charge is 0.298 e. The SMILES string of the molecule is CC(C)N(C)S(=O)(=O)c1cccc(C(=O)Nc2nc3ccc(Cl)cc3s2)c1. The zero-order valence-electron chi connectivity index (χ0n) is 14.9. The molecule has 9 heteroatoms. The maximum absolute atomic E-state index is 12.6. The Bertz CT molecular complexity index is 1110. The average molecular weight is 424 g/mol. The molecule has 0 aliphatic heterocycles. The molecule has 6 nitrogen and oxygen atoms in total. The normalized spacial score (nSPS) is 12.1. The maximum atomic E-state index is 12.6. The number of nitrogens with one attached hydrogen (secondary N) is 1. The van der Waals surface area contributed by atoms with Crippen molar-refractivity contribution in [1.82, 2.24) is 9.29 Å². The van der Waals surface area contributed by atoms with Crippen LogP contribution in [0.1, 0.15) is 24.2 Å². The Morgan fingerprint density at radius 2 is 1.96 bits per heavy atom. The van der Waals surface area contributed by atoms with Gasteiger partial charge in [-0.1, -0.05) is 29.0 Å². The van der Waals surface area contributed by atoms with Gasteiger partial charge in [0, 0.05) is 23.7 Å². The first kappa shape index (κ1) is 19.8. The lowest BCUT2D eigenvalue weighted by atomic mass is 10.2. The van der Waals surface area contributed by atoms with Gasteiger partial charge in [-0.15, -0.1) is 0 Å². The lowest BCUT2D eigenvalue weighted by molar-refractivity contribution is 0.102. The Kier molecular flexibility index (Phi) is 5.53. The molecular weight excluding hydrogens is 406 g/mol. The molecule has 0 saturated heterocycles. The molecule has 0 saturated carbocycles. The minimum atomic E-state index is -3.67. The Morgan fingerprint density at radius 3 is 2.67 bits per heavy atom. The van der Waals surface area contributed by atoms with Gasteiger partial charge in [0.25, 0.3) is 5.91 Å². The van der Waals surface area contributed by atoms with Gasteiger partial charge in [-0.3, -0.25) is 10.1 Å². The van der Waals surface area contributed by atoms with Crippen molar-refractivity contribution < 1.29 is 13.2 Å². The molecule has 0 radical (unpaired) electrons. The van der Waals surface area contributed by atoms with Crippen molar-refractivity contribution in [2.45, 2.75) is 24.8 Å². The van der Waals surface area contributed by atoms with Crippen molar-refractivity contribution in [3.8, 4) is 0 Å². The molecule has 1 amide bonds. The number of sulfonamides is 1. The number of amides is 1. The van der Waals surface area contributed by atoms with Crippen LogP contribution >= 0.6 is 22.9 Å². The van der Waals surface area contributed by atoms with E-state index < -0.39 is 15.9 Å². The molecule has 0 spiro atoms. The number of benzene rings is 2. The van der Waals surface area contributed by atoms with Gasteiger partial charge in [-0.05, 0) is 50.2 Å². The first-order valence-corrected chi connectivity index (χ1v) is 10.8. The molecule has 1 N–H and O–H groups in total. The van der Waals surface area contributed by atoms with Crippen molar-refractivity contribution in [2.24, 2.45) is 0 Å². The second-order valence-electron chi connectivity index (χ2n) is 6.23. The van der Waals surface area contributed by atoms with Crippen LogP contribution in [0.25, 0.3) is 10.2 Å². The highest BCUT2D eigenvalue weighted by molar-refractivity contribution is 7.89. The second kappa shape index (κ2) is 7.55. The summed E-state index contributed by atoms with van der Waals surface area (Å²) in [5, 5.41) is 3.73. The number of rotatable bonds is 5. The van der Waals surface area contributed by atoms with Gasteiger partial charge >= 0.3 is 0 Å². The Morgan fingerprint density at radius 1 is 1.22 bits per heavy atom. The lowest BCUT2D eigenvalue weighted by Gasteiger charge is -2.21. The second-order valence-corrected chi connectivity index (χ2v) is 9.69. The molecule has 0 fully saturated rings. The van der Waals surface area contributed by atoms with Crippen LogP contribution in [0, 0.1) is 0 Å². The van der Waals surface area contributed by atoms with E-state index in [0.717, 1.165) is 10.2 Å². The van der Waals surface area contributed by atoms with Crippen molar-refractivity contribution in [3.05, 3.63) is 53.1 Å². The van der Waals surface area contributed by atoms with E-state index >= 15 is 0 Å². The molecule has 0 unspecified atom stereocenters. The lowest BCUT2D eigenvalue weighted by Crippen LogP contribution is -2.33. The molecule has 0 aliphatic carbocycles. The molecule has 1 aromatic heterocycles. The van der Waals surface area contributed by atoms with E-state index in [2.05, 4.69) is 10.3 Å². The van der Waals surface area contributed by atoms with Crippen LogP contribution in [0.3, 0.4) is 0 Å². The van der Waals surface area contributed by atoms with Crippen LogP contribution in [0.15, 0.2) is 47.4 Å². The Labute approximate surface area is 166 Å². The number of aromatic nitrogens is 1. The quantitative estimate of drug-likeness (QED) is 0.665. The molecule has 1 heterocycles. The first-order chi connectivity index (χ1) is 12.7. The molecule has 0 aliphatic rings. The van der Waals surface area contributed by atoms with Gasteiger partial charge in [-0.2, -0.15) is 4.31 Å². The summed E-state index contributed by atoms with van der Waals surface area (Å²) in [6.07, 6.45) is 0. The summed E-state index contributed by atoms with van der Waals surface area (Å²) < 4.78 is 27.4. The van der Waals surface area contributed by atoms with Gasteiger partial charge in [0.15, 0.2) is 5.13 Å². The standard InChI is InChI=1S/C18H18ClN3O3S2/c1-11(2)22(3)27(24,25)14-6-4-5-12(9-14)17(23)21-18-20-15-8-7-13(19)10-16(15)26-18/h4-11H,1-3H3,(H,20,21,23). The van der Waals surface area contributed by atoms with Gasteiger partial charge in [0.2, 0.25) is 10.0 Å². The summed E-state index contributed by atoms with van der Waals surface area (Å²) in [5.41, 5.74) is 0.972. The van der Waals surface area contributed by atoms with Crippen LogP contribution in [-0.2, 0) is 10.0 Å². The molecule has 2 aromatic carbocycles. The molecular formula is C18H18ClN3O3S2. The highest BCUT2D eigenvalue weighted by Gasteiger charge is 2.24. The van der Waals surface area contributed by atoms with Gasteiger partial charge in [0.05, 0.1) is 15.1 Å². The van der Waals surface area contributed by atoms with E-state index in [1.165, 1.54) is 34.8 Å². The number of nitrogens with zero attached hydrogens (tertiary/aromatic N) is 2. The molecule has 3 rings (SSSR count). The highest BCUT2D eigenvalue weighted by atomic mass is 35.5. The third-order valence-electron chi connectivity index (χ3n) is 4.07. The summed E-state index contributed by atoms with van der Waals surface area (Å²) in [5.74, 6) is -0.426. The number of anilines is 1. The van der Waals surface area contributed by atoms with Crippen LogP contribution < -0.4 is 5.32 Å². The fourth-order valence-corrected chi connectivity index (χ4v) is 4.91. The van der Waals surface area contributed by atoms with Crippen LogP contribution in [0.5, 0.6) is 0 Å². The van der Waals surface area contributed by atoms with E-state index in [1.807, 2.05) is 0 Å². The third kappa shape index (κ3) is 4.14. The zero-order chi connectivity index (χ0) is 19.8. The minimum Gasteiger partial charge on any atom is -0.298 e. The van der Waals surface area contributed by atoms with Gasteiger partial charge in [0.1, 0.15) is 0 Å². The van der Waals surface area contributed by atoms with E-state index in [-0.39, 0.29) is 16.5 Å². The van der Waals surface area contributed by atoms with Gasteiger partial charge in [-0.25, -0.2) is 13.4 Å². The molecule has 0 bridgehead atoms. The van der Waals surface area contributed by atoms with Crippen LogP contribution in [-0.4, -0.2) is 36.7 Å². The summed E-state index contributed by atoms with van der Waals surface area (Å²) in [6.45, 7) is 3.57. The smallest absolute Gasteiger partial charge is 0.257 e. The molecule has 3 aromatic rings. The predicted octanol–water partition coefficient (Wildman–Crippen LogP) is 4.23. The average Bonchev–Trinajstić information content (AvgIpc) is 3.02. The van der Waals surface area contributed by atoms with Crippen molar-refractivity contribution in [2.75, 3.05) is 12.4 Å². The number of carbonyl (C=O) groups excluding carboxylic acids is 1. The maximum Gasteiger partial charge on any atom is 0.257 e. The van der Waals surface area contributed by atoms with Crippen LogP contribution in [0.4, 0.5) is 5.13 Å². The fraction of sp³-hybridized carbons (Fsp3) is 0.222. The molecule has 27 heavy (non-hydrogen) atoms. The zero-order valence-corrected chi connectivity index (χ0v) is 17.3. The number of thiazole rings is 1. The van der Waals surface area contributed by atoms with E-state index in [9.17, 15) is 13.2 Å². The van der Waals surface area contributed by atoms with E-state index in [1.54, 1.807) is 44.2 Å². The first-order valence-electron chi connectivity index (χ1n) is 8.14. The Balaban J connectivity index is 1.86.